The molecule has 1 amide bonds. The van der Waals surface area contributed by atoms with Crippen LogP contribution in [0.2, 0.25) is 5.02 Å². The second kappa shape index (κ2) is 7.64. The Balaban J connectivity index is 1.61. The van der Waals surface area contributed by atoms with E-state index in [-0.39, 0.29) is 5.91 Å². The predicted octanol–water partition coefficient (Wildman–Crippen LogP) is 3.13. The molecule has 3 rings (SSSR count). The Kier molecular flexibility index (Phi) is 5.33. The van der Waals surface area contributed by atoms with E-state index in [1.54, 1.807) is 12.1 Å². The number of halogens is 1. The number of aromatic nitrogens is 1. The van der Waals surface area contributed by atoms with Gasteiger partial charge in [0, 0.05) is 48.8 Å². The SMILES string of the molecule is CCN1CCN(c2ccc(NC(=O)c3cc(Cl)ccn3)cc2)CC1. The van der Waals surface area contributed by atoms with E-state index >= 15 is 0 Å². The molecule has 0 atom stereocenters. The van der Waals surface area contributed by atoms with E-state index in [4.69, 9.17) is 11.6 Å². The Morgan fingerprint density at radius 2 is 1.88 bits per heavy atom. The lowest BCUT2D eigenvalue weighted by Gasteiger charge is -2.35. The van der Waals surface area contributed by atoms with Crippen LogP contribution in [0.4, 0.5) is 11.4 Å². The Bertz CT molecular complexity index is 696. The van der Waals surface area contributed by atoms with Crippen LogP contribution in [-0.2, 0) is 0 Å². The minimum absolute atomic E-state index is 0.262. The first-order valence-electron chi connectivity index (χ1n) is 8.16. The molecule has 1 aromatic heterocycles. The van der Waals surface area contributed by atoms with Crippen LogP contribution < -0.4 is 10.2 Å². The average Bonchev–Trinajstić information content (AvgIpc) is 2.62. The molecule has 5 nitrogen and oxygen atoms in total. The summed E-state index contributed by atoms with van der Waals surface area (Å²) < 4.78 is 0. The first kappa shape index (κ1) is 16.7. The number of rotatable bonds is 4. The molecular weight excluding hydrogens is 324 g/mol. The average molecular weight is 345 g/mol. The molecule has 1 saturated heterocycles. The molecule has 1 N–H and O–H groups in total. The van der Waals surface area contributed by atoms with Gasteiger partial charge < -0.3 is 15.1 Å². The smallest absolute Gasteiger partial charge is 0.274 e. The van der Waals surface area contributed by atoms with Crippen molar-refractivity contribution in [2.75, 3.05) is 42.9 Å². The van der Waals surface area contributed by atoms with Crippen molar-refractivity contribution in [3.63, 3.8) is 0 Å². The van der Waals surface area contributed by atoms with Crippen molar-refractivity contribution in [2.24, 2.45) is 0 Å². The third-order valence-electron chi connectivity index (χ3n) is 4.26. The maximum absolute atomic E-state index is 12.2. The Labute approximate surface area is 147 Å². The summed E-state index contributed by atoms with van der Waals surface area (Å²) in [6.45, 7) is 7.56. The molecule has 1 aliphatic rings. The molecule has 0 radical (unpaired) electrons. The van der Waals surface area contributed by atoms with Gasteiger partial charge in [0.25, 0.3) is 5.91 Å². The van der Waals surface area contributed by atoms with Gasteiger partial charge in [-0.15, -0.1) is 0 Å². The molecule has 2 aromatic rings. The molecule has 24 heavy (non-hydrogen) atoms. The van der Waals surface area contributed by atoms with Crippen LogP contribution in [-0.4, -0.2) is 48.5 Å². The molecule has 0 aliphatic carbocycles. The topological polar surface area (TPSA) is 48.5 Å². The van der Waals surface area contributed by atoms with Gasteiger partial charge in [-0.3, -0.25) is 9.78 Å². The molecule has 0 spiro atoms. The first-order valence-corrected chi connectivity index (χ1v) is 8.54. The molecule has 1 aliphatic heterocycles. The summed E-state index contributed by atoms with van der Waals surface area (Å²) in [5, 5.41) is 3.34. The minimum Gasteiger partial charge on any atom is -0.369 e. The molecule has 0 saturated carbocycles. The van der Waals surface area contributed by atoms with Gasteiger partial charge in [-0.1, -0.05) is 18.5 Å². The summed E-state index contributed by atoms with van der Waals surface area (Å²) in [5.74, 6) is -0.262. The largest absolute Gasteiger partial charge is 0.369 e. The fraction of sp³-hybridized carbons (Fsp3) is 0.333. The highest BCUT2D eigenvalue weighted by Crippen LogP contribution is 2.20. The van der Waals surface area contributed by atoms with E-state index in [1.807, 2.05) is 24.3 Å². The van der Waals surface area contributed by atoms with E-state index in [1.165, 1.54) is 11.9 Å². The molecule has 2 heterocycles. The van der Waals surface area contributed by atoms with E-state index in [9.17, 15) is 4.79 Å². The zero-order valence-electron chi connectivity index (χ0n) is 13.7. The van der Waals surface area contributed by atoms with E-state index in [0.717, 1.165) is 38.4 Å². The van der Waals surface area contributed by atoms with Gasteiger partial charge in [0.1, 0.15) is 5.69 Å². The zero-order chi connectivity index (χ0) is 16.9. The van der Waals surface area contributed by atoms with Crippen molar-refractivity contribution in [3.8, 4) is 0 Å². The van der Waals surface area contributed by atoms with Crippen molar-refractivity contribution >= 4 is 28.9 Å². The van der Waals surface area contributed by atoms with Crippen molar-refractivity contribution in [3.05, 3.63) is 53.3 Å². The lowest BCUT2D eigenvalue weighted by atomic mass is 10.2. The van der Waals surface area contributed by atoms with Crippen molar-refractivity contribution < 1.29 is 4.79 Å². The number of likely N-dealkylation sites (N-methyl/N-ethyl adjacent to an activating group) is 1. The monoisotopic (exact) mass is 344 g/mol. The number of nitrogens with one attached hydrogen (secondary N) is 1. The molecule has 1 fully saturated rings. The summed E-state index contributed by atoms with van der Waals surface area (Å²) in [6, 6.07) is 11.1. The second-order valence-electron chi connectivity index (χ2n) is 5.78. The van der Waals surface area contributed by atoms with E-state index < -0.39 is 0 Å². The highest BCUT2D eigenvalue weighted by atomic mass is 35.5. The molecule has 6 heteroatoms. The maximum atomic E-state index is 12.2. The number of nitrogens with zero attached hydrogens (tertiary/aromatic N) is 3. The molecule has 0 bridgehead atoms. The highest BCUT2D eigenvalue weighted by Gasteiger charge is 2.16. The van der Waals surface area contributed by atoms with Gasteiger partial charge in [0.2, 0.25) is 0 Å². The maximum Gasteiger partial charge on any atom is 0.274 e. The fourth-order valence-corrected chi connectivity index (χ4v) is 2.96. The van der Waals surface area contributed by atoms with E-state index in [0.29, 0.717) is 10.7 Å². The lowest BCUT2D eigenvalue weighted by molar-refractivity contribution is 0.102. The summed E-state index contributed by atoms with van der Waals surface area (Å²) in [7, 11) is 0. The summed E-state index contributed by atoms with van der Waals surface area (Å²) in [4.78, 5) is 21.0. The second-order valence-corrected chi connectivity index (χ2v) is 6.22. The van der Waals surface area contributed by atoms with Gasteiger partial charge in [0.05, 0.1) is 0 Å². The van der Waals surface area contributed by atoms with Crippen LogP contribution in [0.5, 0.6) is 0 Å². The number of hydrogen-bond donors (Lipinski definition) is 1. The number of amides is 1. The standard InChI is InChI=1S/C18H21ClN4O/c1-2-22-9-11-23(12-10-22)16-5-3-15(4-6-16)21-18(24)17-13-14(19)7-8-20-17/h3-8,13H,2,9-12H2,1H3,(H,21,24). The number of carbonyl (C=O) groups is 1. The summed E-state index contributed by atoms with van der Waals surface area (Å²) in [5.41, 5.74) is 2.24. The fourth-order valence-electron chi connectivity index (χ4n) is 2.80. The number of benzene rings is 1. The van der Waals surface area contributed by atoms with Gasteiger partial charge >= 0.3 is 0 Å². The molecule has 126 valence electrons. The Hall–Kier alpha value is -2.11. The quantitative estimate of drug-likeness (QED) is 0.925. The number of anilines is 2. The van der Waals surface area contributed by atoms with Crippen LogP contribution in [0.1, 0.15) is 17.4 Å². The first-order chi connectivity index (χ1) is 11.7. The summed E-state index contributed by atoms with van der Waals surface area (Å²) >= 11 is 5.89. The van der Waals surface area contributed by atoms with Gasteiger partial charge in [-0.2, -0.15) is 0 Å². The normalized spacial score (nSPS) is 15.3. The number of hydrogen-bond acceptors (Lipinski definition) is 4. The number of carbonyl (C=O) groups excluding carboxylic acids is 1. The van der Waals surface area contributed by atoms with Crippen LogP contribution in [0.15, 0.2) is 42.6 Å². The molecule has 1 aromatic carbocycles. The lowest BCUT2D eigenvalue weighted by Crippen LogP contribution is -2.46. The number of pyridine rings is 1. The van der Waals surface area contributed by atoms with Crippen molar-refractivity contribution in [1.29, 1.82) is 0 Å². The minimum atomic E-state index is -0.262. The van der Waals surface area contributed by atoms with Gasteiger partial charge in [-0.05, 0) is 42.9 Å². The molecular formula is C18H21ClN4O. The molecule has 0 unspecified atom stereocenters. The van der Waals surface area contributed by atoms with Crippen LogP contribution in [0.25, 0.3) is 0 Å². The third kappa shape index (κ3) is 4.04. The highest BCUT2D eigenvalue weighted by molar-refractivity contribution is 6.30. The van der Waals surface area contributed by atoms with Gasteiger partial charge in [-0.25, -0.2) is 0 Å². The third-order valence-corrected chi connectivity index (χ3v) is 4.50. The van der Waals surface area contributed by atoms with Gasteiger partial charge in [0.15, 0.2) is 0 Å². The van der Waals surface area contributed by atoms with Crippen LogP contribution in [0.3, 0.4) is 0 Å². The Morgan fingerprint density at radius 1 is 1.17 bits per heavy atom. The van der Waals surface area contributed by atoms with Crippen LogP contribution >= 0.6 is 11.6 Å². The number of piperazine rings is 1. The summed E-state index contributed by atoms with van der Waals surface area (Å²) in [6.07, 6.45) is 1.52. The zero-order valence-corrected chi connectivity index (χ0v) is 14.5. The Morgan fingerprint density at radius 3 is 2.50 bits per heavy atom. The predicted molar refractivity (Wildman–Crippen MR) is 98.0 cm³/mol. The van der Waals surface area contributed by atoms with Crippen LogP contribution in [0, 0.1) is 0 Å². The van der Waals surface area contributed by atoms with Crippen molar-refractivity contribution in [1.82, 2.24) is 9.88 Å². The van der Waals surface area contributed by atoms with E-state index in [2.05, 4.69) is 27.0 Å². The van der Waals surface area contributed by atoms with Crippen molar-refractivity contribution in [2.45, 2.75) is 6.92 Å².